The standard InChI is InChI=1S/C12H8N2O5/c1-19-11(15)4-2-3-9-5-8(7-13)6-10(12(9)16)14(17)18/h5-6,16H,4H2,1H3. The molecule has 0 unspecified atom stereocenters. The van der Waals surface area contributed by atoms with Crippen molar-refractivity contribution >= 4 is 11.7 Å². The van der Waals surface area contributed by atoms with Crippen molar-refractivity contribution in [2.75, 3.05) is 7.11 Å². The van der Waals surface area contributed by atoms with Crippen LogP contribution in [0.3, 0.4) is 0 Å². The number of carbonyl (C=O) groups is 1. The first-order valence-electron chi connectivity index (χ1n) is 4.96. The number of esters is 1. The average Bonchev–Trinajstić information content (AvgIpc) is 2.39. The summed E-state index contributed by atoms with van der Waals surface area (Å²) in [5.74, 6) is 3.58. The maximum absolute atomic E-state index is 10.8. The number of methoxy groups -OCH3 is 1. The molecule has 0 aromatic heterocycles. The Morgan fingerprint density at radius 3 is 2.79 bits per heavy atom. The SMILES string of the molecule is COC(=O)CC#Cc1cc(C#N)cc([N+](=O)[O-])c1O. The number of hydrogen-bond donors (Lipinski definition) is 1. The first-order chi connectivity index (χ1) is 8.99. The number of rotatable bonds is 2. The number of ether oxygens (including phenoxy) is 1. The van der Waals surface area contributed by atoms with Crippen molar-refractivity contribution < 1.29 is 19.6 Å². The molecule has 7 nitrogen and oxygen atoms in total. The van der Waals surface area contributed by atoms with E-state index in [4.69, 9.17) is 5.26 Å². The Labute approximate surface area is 108 Å². The monoisotopic (exact) mass is 260 g/mol. The minimum absolute atomic E-state index is 0.00753. The Morgan fingerprint density at radius 2 is 2.26 bits per heavy atom. The lowest BCUT2D eigenvalue weighted by Crippen LogP contribution is -1.97. The third kappa shape index (κ3) is 3.45. The number of nitriles is 1. The summed E-state index contributed by atoms with van der Waals surface area (Å²) in [6.07, 6.45) is -0.222. The molecule has 0 bridgehead atoms. The summed E-state index contributed by atoms with van der Waals surface area (Å²) in [4.78, 5) is 20.7. The second-order valence-corrected chi connectivity index (χ2v) is 3.32. The van der Waals surface area contributed by atoms with E-state index in [1.807, 2.05) is 0 Å². The van der Waals surface area contributed by atoms with Gasteiger partial charge in [-0.3, -0.25) is 14.9 Å². The smallest absolute Gasteiger partial charge is 0.317 e. The van der Waals surface area contributed by atoms with Gasteiger partial charge in [0.05, 0.1) is 29.2 Å². The predicted octanol–water partition coefficient (Wildman–Crippen LogP) is 1.09. The zero-order valence-corrected chi connectivity index (χ0v) is 9.84. The fourth-order valence-corrected chi connectivity index (χ4v) is 1.20. The highest BCUT2D eigenvalue weighted by atomic mass is 16.6. The molecular formula is C12H8N2O5. The van der Waals surface area contributed by atoms with Gasteiger partial charge in [-0.25, -0.2) is 0 Å². The van der Waals surface area contributed by atoms with Gasteiger partial charge in [-0.1, -0.05) is 11.8 Å². The van der Waals surface area contributed by atoms with E-state index in [9.17, 15) is 20.0 Å². The van der Waals surface area contributed by atoms with E-state index in [1.165, 1.54) is 13.2 Å². The van der Waals surface area contributed by atoms with Crippen LogP contribution in [0, 0.1) is 33.3 Å². The molecule has 0 amide bonds. The summed E-state index contributed by atoms with van der Waals surface area (Å²) in [6, 6.07) is 3.87. The molecule has 0 aliphatic heterocycles. The molecule has 0 saturated heterocycles. The third-order valence-electron chi connectivity index (χ3n) is 2.10. The summed E-state index contributed by atoms with van der Waals surface area (Å²) in [6.45, 7) is 0. The Hall–Kier alpha value is -3.06. The van der Waals surface area contributed by atoms with Gasteiger partial charge in [0.15, 0.2) is 0 Å². The Morgan fingerprint density at radius 1 is 1.58 bits per heavy atom. The molecule has 0 aliphatic carbocycles. The molecule has 0 aliphatic rings. The van der Waals surface area contributed by atoms with Crippen molar-refractivity contribution in [2.45, 2.75) is 6.42 Å². The molecule has 0 atom stereocenters. The lowest BCUT2D eigenvalue weighted by atomic mass is 10.1. The van der Waals surface area contributed by atoms with E-state index < -0.39 is 22.3 Å². The molecule has 7 heteroatoms. The minimum Gasteiger partial charge on any atom is -0.501 e. The number of phenolic OH excluding ortho intramolecular Hbond substituents is 1. The molecule has 1 aromatic rings. The Bertz CT molecular complexity index is 634. The topological polar surface area (TPSA) is 113 Å². The van der Waals surface area contributed by atoms with Crippen molar-refractivity contribution in [3.05, 3.63) is 33.4 Å². The number of phenols is 1. The normalized spacial score (nSPS) is 8.84. The summed E-state index contributed by atoms with van der Waals surface area (Å²) in [5.41, 5.74) is -0.706. The van der Waals surface area contributed by atoms with Gasteiger partial charge in [0.25, 0.3) is 0 Å². The van der Waals surface area contributed by atoms with Crippen molar-refractivity contribution in [2.24, 2.45) is 0 Å². The first-order valence-corrected chi connectivity index (χ1v) is 4.96. The summed E-state index contributed by atoms with van der Waals surface area (Å²) in [7, 11) is 1.20. The highest BCUT2D eigenvalue weighted by Crippen LogP contribution is 2.30. The van der Waals surface area contributed by atoms with Crippen LogP contribution in [-0.2, 0) is 9.53 Å². The highest BCUT2D eigenvalue weighted by molar-refractivity contribution is 5.72. The van der Waals surface area contributed by atoms with Gasteiger partial charge in [0, 0.05) is 6.07 Å². The molecule has 1 rings (SSSR count). The van der Waals surface area contributed by atoms with Crippen LogP contribution < -0.4 is 0 Å². The number of hydrogen-bond acceptors (Lipinski definition) is 6. The number of aromatic hydroxyl groups is 1. The molecule has 96 valence electrons. The van der Waals surface area contributed by atoms with Gasteiger partial charge in [0.2, 0.25) is 5.75 Å². The van der Waals surface area contributed by atoms with Crippen molar-refractivity contribution in [1.29, 1.82) is 5.26 Å². The molecule has 0 saturated carbocycles. The molecule has 19 heavy (non-hydrogen) atoms. The number of carbonyl (C=O) groups excluding carboxylic acids is 1. The molecular weight excluding hydrogens is 252 g/mol. The first kappa shape index (κ1) is 14.0. The van der Waals surface area contributed by atoms with Crippen LogP contribution in [0.2, 0.25) is 0 Å². The molecule has 0 heterocycles. The zero-order valence-electron chi connectivity index (χ0n) is 9.84. The molecule has 0 radical (unpaired) electrons. The van der Waals surface area contributed by atoms with Crippen LogP contribution >= 0.6 is 0 Å². The number of benzene rings is 1. The fourth-order valence-electron chi connectivity index (χ4n) is 1.20. The van der Waals surface area contributed by atoms with Crippen LogP contribution in [0.15, 0.2) is 12.1 Å². The predicted molar refractivity (Wildman–Crippen MR) is 63.0 cm³/mol. The molecule has 0 fully saturated rings. The van der Waals surface area contributed by atoms with Crippen LogP contribution in [0.5, 0.6) is 5.75 Å². The Kier molecular flexibility index (Phi) is 4.44. The summed E-state index contributed by atoms with van der Waals surface area (Å²) >= 11 is 0. The average molecular weight is 260 g/mol. The summed E-state index contributed by atoms with van der Waals surface area (Å²) < 4.78 is 4.36. The zero-order chi connectivity index (χ0) is 14.4. The van der Waals surface area contributed by atoms with Crippen LogP contribution in [-0.4, -0.2) is 23.1 Å². The largest absolute Gasteiger partial charge is 0.501 e. The van der Waals surface area contributed by atoms with Gasteiger partial charge < -0.3 is 9.84 Å². The van der Waals surface area contributed by atoms with Gasteiger partial charge in [-0.15, -0.1) is 0 Å². The number of nitro groups is 1. The number of nitrogens with zero attached hydrogens (tertiary/aromatic N) is 2. The minimum atomic E-state index is -0.818. The molecule has 1 aromatic carbocycles. The van der Waals surface area contributed by atoms with E-state index in [1.54, 1.807) is 6.07 Å². The van der Waals surface area contributed by atoms with E-state index in [-0.39, 0.29) is 17.5 Å². The lowest BCUT2D eigenvalue weighted by Gasteiger charge is -1.99. The van der Waals surface area contributed by atoms with E-state index in [0.717, 1.165) is 6.07 Å². The second-order valence-electron chi connectivity index (χ2n) is 3.32. The molecule has 0 spiro atoms. The van der Waals surface area contributed by atoms with Gasteiger partial charge in [0.1, 0.15) is 6.42 Å². The van der Waals surface area contributed by atoms with Crippen molar-refractivity contribution in [3.63, 3.8) is 0 Å². The summed E-state index contributed by atoms with van der Waals surface area (Å²) in [5, 5.41) is 29.1. The highest BCUT2D eigenvalue weighted by Gasteiger charge is 2.18. The number of nitro benzene ring substituents is 1. The van der Waals surface area contributed by atoms with Gasteiger partial charge >= 0.3 is 11.7 Å². The van der Waals surface area contributed by atoms with Gasteiger partial charge in [-0.2, -0.15) is 5.26 Å². The van der Waals surface area contributed by atoms with Crippen LogP contribution in [0.25, 0.3) is 0 Å². The van der Waals surface area contributed by atoms with Gasteiger partial charge in [-0.05, 0) is 6.07 Å². The van der Waals surface area contributed by atoms with E-state index >= 15 is 0 Å². The maximum Gasteiger partial charge on any atom is 0.317 e. The molecule has 1 N–H and O–H groups in total. The fraction of sp³-hybridized carbons (Fsp3) is 0.167. The van der Waals surface area contributed by atoms with Crippen molar-refractivity contribution in [1.82, 2.24) is 0 Å². The van der Waals surface area contributed by atoms with E-state index in [2.05, 4.69) is 16.6 Å². The quantitative estimate of drug-likeness (QED) is 0.368. The third-order valence-corrected chi connectivity index (χ3v) is 2.10. The van der Waals surface area contributed by atoms with Crippen LogP contribution in [0.1, 0.15) is 17.5 Å². The van der Waals surface area contributed by atoms with Crippen LogP contribution in [0.4, 0.5) is 5.69 Å². The van der Waals surface area contributed by atoms with Crippen molar-refractivity contribution in [3.8, 4) is 23.7 Å². The maximum atomic E-state index is 10.8. The second kappa shape index (κ2) is 6.03. The lowest BCUT2D eigenvalue weighted by molar-refractivity contribution is -0.385. The Balaban J connectivity index is 3.21. The van der Waals surface area contributed by atoms with E-state index in [0.29, 0.717) is 0 Å².